The first-order valence-electron chi connectivity index (χ1n) is 18.8. The average molecular weight is 735 g/mol. The van der Waals surface area contributed by atoms with E-state index in [9.17, 15) is 19.2 Å². The molecule has 1 aromatic rings. The first kappa shape index (κ1) is 44.8. The van der Waals surface area contributed by atoms with Crippen LogP contribution in [0, 0.1) is 23.7 Å². The summed E-state index contributed by atoms with van der Waals surface area (Å²) < 4.78 is 12.0. The van der Waals surface area contributed by atoms with Crippen molar-refractivity contribution in [1.29, 1.82) is 0 Å². The Morgan fingerprint density at radius 1 is 0.980 bits per heavy atom. The highest BCUT2D eigenvalue weighted by atomic mass is 35.5. The maximum atomic E-state index is 14.2. The molecule has 0 bridgehead atoms. The fourth-order valence-corrected chi connectivity index (χ4v) is 8.31. The lowest BCUT2D eigenvalue weighted by Crippen LogP contribution is -2.55. The SMILES string of the molecule is CC[C@H](C)[C@@H]([C@@H](CC(=O)N1CCC[C@H]1[C@H](OC)[C@@H](C)C(=O)CCCc1ccccc1Cl)OC)N(C)C(=O)[C@H](CC(=O)[C@H](C(C)C)N(C)C)[C@H](C)N. The Morgan fingerprint density at radius 2 is 1.63 bits per heavy atom. The number of nitrogens with zero attached hydrogens (tertiary/aromatic N) is 3. The van der Waals surface area contributed by atoms with Gasteiger partial charge in [-0.3, -0.25) is 24.1 Å². The average Bonchev–Trinajstić information content (AvgIpc) is 3.56. The summed E-state index contributed by atoms with van der Waals surface area (Å²) in [6, 6.07) is 6.13. The Labute approximate surface area is 313 Å². The molecule has 0 saturated carbocycles. The molecule has 1 heterocycles. The second kappa shape index (κ2) is 21.4. The number of likely N-dealkylation sites (tertiary alicyclic amines) is 1. The van der Waals surface area contributed by atoms with Gasteiger partial charge in [-0.2, -0.15) is 0 Å². The van der Waals surface area contributed by atoms with E-state index in [-0.39, 0.29) is 60.1 Å². The van der Waals surface area contributed by atoms with Gasteiger partial charge in [0.15, 0.2) is 5.78 Å². The van der Waals surface area contributed by atoms with Gasteiger partial charge in [0, 0.05) is 57.6 Å². The molecule has 2 N–H and O–H groups in total. The number of likely N-dealkylation sites (N-methyl/N-ethyl adjacent to an activating group) is 2. The number of rotatable bonds is 22. The normalized spacial score (nSPS) is 19.7. The number of halogens is 1. The lowest BCUT2D eigenvalue weighted by molar-refractivity contribution is -0.148. The number of nitrogens with two attached hydrogens (primary N) is 1. The Morgan fingerprint density at radius 3 is 2.16 bits per heavy atom. The number of amides is 2. The van der Waals surface area contributed by atoms with Gasteiger partial charge >= 0.3 is 0 Å². The lowest BCUT2D eigenvalue weighted by atomic mass is 9.85. The topological polar surface area (TPSA) is 122 Å². The predicted molar refractivity (Wildman–Crippen MR) is 205 cm³/mol. The third kappa shape index (κ3) is 12.1. The molecule has 10 nitrogen and oxygen atoms in total. The number of aryl methyl sites for hydroxylation is 1. The molecule has 1 saturated heterocycles. The Kier molecular flexibility index (Phi) is 18.8. The fraction of sp³-hybridized carbons (Fsp3) is 0.750. The number of methoxy groups -OCH3 is 2. The summed E-state index contributed by atoms with van der Waals surface area (Å²) in [4.78, 5) is 60.5. The van der Waals surface area contributed by atoms with Gasteiger partial charge in [-0.05, 0) is 70.2 Å². The van der Waals surface area contributed by atoms with Gasteiger partial charge < -0.3 is 25.0 Å². The molecule has 0 aliphatic carbocycles. The second-order valence-electron chi connectivity index (χ2n) is 15.3. The highest BCUT2D eigenvalue weighted by Crippen LogP contribution is 2.31. The highest BCUT2D eigenvalue weighted by Gasteiger charge is 2.43. The molecule has 51 heavy (non-hydrogen) atoms. The van der Waals surface area contributed by atoms with Crippen molar-refractivity contribution in [2.45, 2.75) is 129 Å². The van der Waals surface area contributed by atoms with E-state index in [1.165, 1.54) is 0 Å². The standard InChI is InChI=1S/C40H67ClN4O6/c1-12-26(4)38(44(9)40(49)30(28(6)42)23-34(47)37(25(2)3)43(7)8)35(50-10)24-36(48)45-22-16-20-32(45)39(51-11)27(5)33(46)21-15-18-29-17-13-14-19-31(29)41/h13-14,17,19,25-28,30,32,35,37-39H,12,15-16,18,20-24,42H2,1-11H3/t26-,27-,28-,30+,32-,35+,37-,38-,39+/m0/s1. The summed E-state index contributed by atoms with van der Waals surface area (Å²) in [5.41, 5.74) is 7.40. The van der Waals surface area contributed by atoms with Crippen LogP contribution < -0.4 is 5.73 Å². The molecule has 11 heteroatoms. The van der Waals surface area contributed by atoms with Crippen LogP contribution in [-0.4, -0.2) is 116 Å². The van der Waals surface area contributed by atoms with Crippen molar-refractivity contribution in [1.82, 2.24) is 14.7 Å². The number of carbonyl (C=O) groups excluding carboxylic acids is 4. The highest BCUT2D eigenvalue weighted by molar-refractivity contribution is 6.31. The minimum atomic E-state index is -0.711. The maximum Gasteiger partial charge on any atom is 0.227 e. The predicted octanol–water partition coefficient (Wildman–Crippen LogP) is 5.66. The second-order valence-corrected chi connectivity index (χ2v) is 15.7. The zero-order valence-corrected chi connectivity index (χ0v) is 33.9. The summed E-state index contributed by atoms with van der Waals surface area (Å²) in [5.74, 6) is -1.25. The first-order valence-corrected chi connectivity index (χ1v) is 19.2. The Balaban J connectivity index is 2.21. The Bertz CT molecular complexity index is 1270. The van der Waals surface area contributed by atoms with Crippen LogP contribution in [-0.2, 0) is 35.1 Å². The smallest absolute Gasteiger partial charge is 0.227 e. The summed E-state index contributed by atoms with van der Waals surface area (Å²) in [7, 11) is 8.67. The van der Waals surface area contributed by atoms with E-state index >= 15 is 0 Å². The Hall–Kier alpha value is -2.37. The summed E-state index contributed by atoms with van der Waals surface area (Å²) in [6.45, 7) is 12.3. The molecule has 2 rings (SSSR count). The van der Waals surface area contributed by atoms with Crippen LogP contribution >= 0.6 is 11.6 Å². The van der Waals surface area contributed by atoms with Crippen molar-refractivity contribution < 1.29 is 28.7 Å². The molecule has 0 aromatic heterocycles. The summed E-state index contributed by atoms with van der Waals surface area (Å²) >= 11 is 6.31. The van der Waals surface area contributed by atoms with Gasteiger partial charge in [-0.1, -0.05) is 70.8 Å². The van der Waals surface area contributed by atoms with Crippen LogP contribution in [0.5, 0.6) is 0 Å². The van der Waals surface area contributed by atoms with Crippen LogP contribution in [0.25, 0.3) is 0 Å². The quantitative estimate of drug-likeness (QED) is 0.162. The molecule has 0 spiro atoms. The lowest BCUT2D eigenvalue weighted by Gasteiger charge is -2.41. The van der Waals surface area contributed by atoms with E-state index in [2.05, 4.69) is 6.92 Å². The largest absolute Gasteiger partial charge is 0.379 e. The zero-order valence-electron chi connectivity index (χ0n) is 33.2. The van der Waals surface area contributed by atoms with E-state index in [4.69, 9.17) is 26.8 Å². The molecular weight excluding hydrogens is 668 g/mol. The third-order valence-corrected chi connectivity index (χ3v) is 11.4. The molecule has 290 valence electrons. The molecule has 0 radical (unpaired) electrons. The zero-order chi connectivity index (χ0) is 38.6. The molecule has 2 amide bonds. The van der Waals surface area contributed by atoms with Crippen LogP contribution in [0.1, 0.15) is 92.1 Å². The minimum absolute atomic E-state index is 0.00386. The number of Topliss-reactive ketones (excluding diaryl/α,β-unsaturated/α-hetero) is 2. The fourth-order valence-electron chi connectivity index (χ4n) is 8.08. The van der Waals surface area contributed by atoms with E-state index < -0.39 is 36.1 Å². The minimum Gasteiger partial charge on any atom is -0.379 e. The monoisotopic (exact) mass is 734 g/mol. The van der Waals surface area contributed by atoms with Crippen molar-refractivity contribution in [3.05, 3.63) is 34.9 Å². The van der Waals surface area contributed by atoms with Crippen LogP contribution in [0.3, 0.4) is 0 Å². The molecular formula is C40H67ClN4O6. The number of hydrogen-bond donors (Lipinski definition) is 1. The number of benzene rings is 1. The van der Waals surface area contributed by atoms with Gasteiger partial charge in [-0.15, -0.1) is 0 Å². The van der Waals surface area contributed by atoms with Crippen molar-refractivity contribution in [3.63, 3.8) is 0 Å². The molecule has 1 aliphatic heterocycles. The third-order valence-electron chi connectivity index (χ3n) is 11.1. The van der Waals surface area contributed by atoms with E-state index in [1.54, 1.807) is 33.1 Å². The van der Waals surface area contributed by atoms with Gasteiger partial charge in [0.05, 0.1) is 42.7 Å². The summed E-state index contributed by atoms with van der Waals surface area (Å²) in [6.07, 6.45) is 3.16. The number of hydrogen-bond acceptors (Lipinski definition) is 8. The number of ketones is 2. The van der Waals surface area contributed by atoms with Crippen molar-refractivity contribution in [2.75, 3.05) is 41.9 Å². The van der Waals surface area contributed by atoms with Crippen LogP contribution in [0.4, 0.5) is 0 Å². The van der Waals surface area contributed by atoms with Gasteiger partial charge in [0.25, 0.3) is 0 Å². The molecule has 1 aliphatic rings. The van der Waals surface area contributed by atoms with E-state index in [0.717, 1.165) is 24.8 Å². The molecule has 1 aromatic carbocycles. The van der Waals surface area contributed by atoms with Crippen LogP contribution in [0.2, 0.25) is 5.02 Å². The molecule has 0 unspecified atom stereocenters. The molecule has 1 fully saturated rings. The van der Waals surface area contributed by atoms with Gasteiger partial charge in [-0.25, -0.2) is 0 Å². The number of ether oxygens (including phenoxy) is 2. The number of carbonyl (C=O) groups is 4. The molecule has 9 atom stereocenters. The van der Waals surface area contributed by atoms with Crippen molar-refractivity contribution in [2.24, 2.45) is 29.4 Å². The van der Waals surface area contributed by atoms with Crippen LogP contribution in [0.15, 0.2) is 24.3 Å². The van der Waals surface area contributed by atoms with Gasteiger partial charge in [0.1, 0.15) is 5.78 Å². The maximum absolute atomic E-state index is 14.2. The van der Waals surface area contributed by atoms with Crippen molar-refractivity contribution >= 4 is 35.0 Å². The summed E-state index contributed by atoms with van der Waals surface area (Å²) in [5, 5.41) is 0.706. The van der Waals surface area contributed by atoms with E-state index in [1.807, 2.05) is 75.9 Å². The van der Waals surface area contributed by atoms with Crippen molar-refractivity contribution in [3.8, 4) is 0 Å². The van der Waals surface area contributed by atoms with E-state index in [0.29, 0.717) is 30.8 Å². The first-order chi connectivity index (χ1) is 24.0. The van der Waals surface area contributed by atoms with Gasteiger partial charge in [0.2, 0.25) is 11.8 Å².